The third-order valence-electron chi connectivity index (χ3n) is 9.92. The first-order chi connectivity index (χ1) is 28.6. The van der Waals surface area contributed by atoms with Crippen LogP contribution in [0.25, 0.3) is 0 Å². The number of nitrogens with two attached hydrogens (primary N) is 5. The highest BCUT2D eigenvalue weighted by Gasteiger charge is 2.40. The number of hydrogen-bond acceptors (Lipinski definition) is 12. The summed E-state index contributed by atoms with van der Waals surface area (Å²) < 4.78 is 0. The maximum Gasteiger partial charge on any atom is 0.326 e. The van der Waals surface area contributed by atoms with Gasteiger partial charge < -0.3 is 70.2 Å². The number of hydrogen-bond donors (Lipinski definition) is 12. The van der Waals surface area contributed by atoms with Crippen molar-refractivity contribution >= 4 is 59.2 Å². The molecule has 8 atom stereocenters. The van der Waals surface area contributed by atoms with E-state index in [-0.39, 0.29) is 57.1 Å². The van der Waals surface area contributed by atoms with Crippen molar-refractivity contribution in [1.29, 1.82) is 0 Å². The minimum atomic E-state index is -1.55. The van der Waals surface area contributed by atoms with Gasteiger partial charge >= 0.3 is 5.97 Å². The van der Waals surface area contributed by atoms with Crippen molar-refractivity contribution in [2.75, 3.05) is 13.1 Å². The molecule has 2 heterocycles. The van der Waals surface area contributed by atoms with E-state index in [0.29, 0.717) is 18.5 Å². The van der Waals surface area contributed by atoms with E-state index in [9.17, 15) is 48.3 Å². The molecule has 0 radical (unpaired) electrons. The van der Waals surface area contributed by atoms with Gasteiger partial charge in [0.15, 0.2) is 5.96 Å². The molecule has 1 aromatic heterocycles. The number of likely N-dealkylation sites (tertiary alicyclic amines) is 1. The average molecular weight is 863 g/mol. The van der Waals surface area contributed by atoms with Crippen LogP contribution >= 0.6 is 0 Å². The van der Waals surface area contributed by atoms with Gasteiger partial charge in [-0.25, -0.2) is 9.78 Å². The Bertz CT molecular complexity index is 1740. The molecule has 0 spiro atoms. The van der Waals surface area contributed by atoms with Crippen LogP contribution in [0.3, 0.4) is 0 Å². The van der Waals surface area contributed by atoms with E-state index in [2.05, 4.69) is 41.5 Å². The van der Waals surface area contributed by atoms with Crippen LogP contribution in [0.15, 0.2) is 17.5 Å². The second kappa shape index (κ2) is 24.7. The van der Waals surface area contributed by atoms with Gasteiger partial charge in [0.05, 0.1) is 25.2 Å². The molecule has 0 bridgehead atoms. The standard InChI is InChI=1S/C37H62N14O10/c1-5-19(4)29(34(58)49-25(36(60)61)12-18(2)3)50-31(55)22(8-6-10-44-37(41)42)46-32(56)23(13-20-16-43-17-45-20)47-33(57)26-9-7-11-51(26)35(59)24(15-28(40)53)48-30(54)21(38)14-27(39)52/h16-19,21-26,29H,5-15,38H2,1-4H3,(H2,39,52)(H2,40,53)(H,43,45)(H,46,56)(H,47,57)(H,48,54)(H,49,58)(H,50,55)(H,60,61)(H4,41,42,44). The quantitative estimate of drug-likeness (QED) is 0.0238. The topological polar surface area (TPSA) is 408 Å². The van der Waals surface area contributed by atoms with E-state index in [1.165, 1.54) is 12.5 Å². The summed E-state index contributed by atoms with van der Waals surface area (Å²) in [5, 5.41) is 22.6. The number of aliphatic carboxylic acids is 1. The number of amides is 8. The van der Waals surface area contributed by atoms with Crippen molar-refractivity contribution in [2.24, 2.45) is 45.5 Å². The molecule has 0 aromatic carbocycles. The highest BCUT2D eigenvalue weighted by Crippen LogP contribution is 2.20. The average Bonchev–Trinajstić information content (AvgIpc) is 3.89. The number of guanidine groups is 1. The number of imidazole rings is 1. The Balaban J connectivity index is 2.41. The van der Waals surface area contributed by atoms with Crippen molar-refractivity contribution in [2.45, 2.75) is 128 Å². The van der Waals surface area contributed by atoms with Crippen molar-refractivity contribution in [3.63, 3.8) is 0 Å². The van der Waals surface area contributed by atoms with E-state index < -0.39 is 114 Å². The number of carbonyl (C=O) groups excluding carboxylic acids is 8. The molecule has 24 nitrogen and oxygen atoms in total. The lowest BCUT2D eigenvalue weighted by atomic mass is 9.96. The van der Waals surface area contributed by atoms with E-state index in [1.54, 1.807) is 27.7 Å². The molecule has 17 N–H and O–H groups in total. The van der Waals surface area contributed by atoms with E-state index in [0.717, 1.165) is 4.90 Å². The minimum absolute atomic E-state index is 0.0282. The second-order valence-electron chi connectivity index (χ2n) is 15.5. The fourth-order valence-corrected chi connectivity index (χ4v) is 6.54. The Morgan fingerprint density at radius 3 is 2.03 bits per heavy atom. The molecule has 1 aromatic rings. The van der Waals surface area contributed by atoms with Crippen molar-refractivity contribution in [3.05, 3.63) is 18.2 Å². The zero-order valence-corrected chi connectivity index (χ0v) is 35.0. The van der Waals surface area contributed by atoms with Crippen LogP contribution < -0.4 is 55.3 Å². The molecule has 2 rings (SSSR count). The monoisotopic (exact) mass is 862 g/mol. The summed E-state index contributed by atoms with van der Waals surface area (Å²) in [5.74, 6) is -8.76. The molecule has 1 saturated heterocycles. The van der Waals surface area contributed by atoms with Gasteiger partial charge in [0, 0.05) is 31.4 Å². The van der Waals surface area contributed by atoms with Crippen LogP contribution in [0.1, 0.15) is 84.8 Å². The van der Waals surface area contributed by atoms with Crippen LogP contribution in [0.2, 0.25) is 0 Å². The fraction of sp³-hybridized carbons (Fsp3) is 0.649. The summed E-state index contributed by atoms with van der Waals surface area (Å²) >= 11 is 0. The van der Waals surface area contributed by atoms with Crippen molar-refractivity contribution in [1.82, 2.24) is 41.5 Å². The number of carboxylic acid groups (broad SMARTS) is 1. The van der Waals surface area contributed by atoms with Gasteiger partial charge in [0.25, 0.3) is 0 Å². The number of aliphatic imine (C=N–C) groups is 1. The molecular weight excluding hydrogens is 800 g/mol. The molecule has 1 aliphatic rings. The van der Waals surface area contributed by atoms with Crippen LogP contribution in [-0.4, -0.2) is 135 Å². The summed E-state index contributed by atoms with van der Waals surface area (Å²) in [7, 11) is 0. The first-order valence-electron chi connectivity index (χ1n) is 20.0. The smallest absolute Gasteiger partial charge is 0.326 e. The summed E-state index contributed by atoms with van der Waals surface area (Å²) in [4.78, 5) is 129. The molecule has 1 fully saturated rings. The molecule has 8 unspecified atom stereocenters. The maximum absolute atomic E-state index is 14.1. The number of carboxylic acids is 1. The number of rotatable bonds is 26. The predicted octanol–water partition coefficient (Wildman–Crippen LogP) is -4.32. The van der Waals surface area contributed by atoms with Crippen LogP contribution in [0.4, 0.5) is 0 Å². The fourth-order valence-electron chi connectivity index (χ4n) is 6.54. The largest absolute Gasteiger partial charge is 0.480 e. The lowest BCUT2D eigenvalue weighted by Crippen LogP contribution is -2.60. The third kappa shape index (κ3) is 17.1. The van der Waals surface area contributed by atoms with Crippen LogP contribution in [0, 0.1) is 11.8 Å². The van der Waals surface area contributed by atoms with Crippen LogP contribution in [-0.2, 0) is 49.6 Å². The lowest BCUT2D eigenvalue weighted by molar-refractivity contribution is -0.143. The summed E-state index contributed by atoms with van der Waals surface area (Å²) in [6.07, 6.45) is 2.54. The van der Waals surface area contributed by atoms with Gasteiger partial charge in [-0.1, -0.05) is 34.1 Å². The Morgan fingerprint density at radius 1 is 0.852 bits per heavy atom. The Labute approximate surface area is 353 Å². The van der Waals surface area contributed by atoms with Gasteiger partial charge in [-0.05, 0) is 43.9 Å². The highest BCUT2D eigenvalue weighted by atomic mass is 16.4. The number of aromatic nitrogens is 2. The first kappa shape index (κ1) is 50.8. The van der Waals surface area contributed by atoms with Gasteiger partial charge in [-0.3, -0.25) is 43.3 Å². The zero-order chi connectivity index (χ0) is 46.0. The van der Waals surface area contributed by atoms with Crippen molar-refractivity contribution in [3.8, 4) is 0 Å². The summed E-state index contributed by atoms with van der Waals surface area (Å²) in [6, 6.07) is -9.29. The van der Waals surface area contributed by atoms with E-state index in [4.69, 9.17) is 28.7 Å². The number of nitrogens with zero attached hydrogens (tertiary/aromatic N) is 3. The van der Waals surface area contributed by atoms with Gasteiger partial charge in [-0.15, -0.1) is 0 Å². The molecule has 61 heavy (non-hydrogen) atoms. The summed E-state index contributed by atoms with van der Waals surface area (Å²) in [6.45, 7) is 7.18. The third-order valence-corrected chi connectivity index (χ3v) is 9.92. The molecular formula is C37H62N14O10. The van der Waals surface area contributed by atoms with Gasteiger partial charge in [-0.2, -0.15) is 0 Å². The van der Waals surface area contributed by atoms with Gasteiger partial charge in [0.2, 0.25) is 47.3 Å². The molecule has 1 aliphatic heterocycles. The first-order valence-corrected chi connectivity index (χ1v) is 20.0. The van der Waals surface area contributed by atoms with Crippen LogP contribution in [0.5, 0.6) is 0 Å². The Kier molecular flexibility index (Phi) is 20.6. The zero-order valence-electron chi connectivity index (χ0n) is 35.0. The molecule has 0 saturated carbocycles. The number of nitrogens with one attached hydrogen (secondary N) is 6. The highest BCUT2D eigenvalue weighted by molar-refractivity contribution is 5.98. The van der Waals surface area contributed by atoms with E-state index >= 15 is 0 Å². The Morgan fingerprint density at radius 2 is 1.48 bits per heavy atom. The normalized spacial score (nSPS) is 17.0. The lowest BCUT2D eigenvalue weighted by Gasteiger charge is -2.30. The maximum atomic E-state index is 14.1. The SMILES string of the molecule is CCC(C)C(NC(=O)C(CCCN=C(N)N)NC(=O)C(Cc1cnc[nH]1)NC(=O)C1CCCN1C(=O)C(CC(N)=O)NC(=O)C(N)CC(N)=O)C(=O)NC(CC(C)C)C(=O)O. The number of carbonyl (C=O) groups is 9. The molecule has 340 valence electrons. The number of aromatic amines is 1. The molecule has 24 heteroatoms. The van der Waals surface area contributed by atoms with Gasteiger partial charge in [0.1, 0.15) is 36.3 Å². The predicted molar refractivity (Wildman–Crippen MR) is 219 cm³/mol. The number of primary amides is 2. The van der Waals surface area contributed by atoms with Crippen molar-refractivity contribution < 1.29 is 48.3 Å². The molecule has 0 aliphatic carbocycles. The molecule has 8 amide bonds. The Hall–Kier alpha value is -6.33. The van der Waals surface area contributed by atoms with E-state index in [1.807, 2.05) is 0 Å². The minimum Gasteiger partial charge on any atom is -0.480 e. The second-order valence-corrected chi connectivity index (χ2v) is 15.5. The summed E-state index contributed by atoms with van der Waals surface area (Å²) in [5.41, 5.74) is 27.5. The number of H-pyrrole nitrogens is 1.